The molecule has 3 rings (SSSR count). The molecule has 30 heavy (non-hydrogen) atoms. The third-order valence-electron chi connectivity index (χ3n) is 4.80. The van der Waals surface area contributed by atoms with Crippen LogP contribution in [0.15, 0.2) is 60.7 Å². The summed E-state index contributed by atoms with van der Waals surface area (Å²) < 4.78 is 67.2. The van der Waals surface area contributed by atoms with Gasteiger partial charge in [-0.1, -0.05) is 60.7 Å². The lowest BCUT2D eigenvalue weighted by atomic mass is 9.88. The van der Waals surface area contributed by atoms with Crippen LogP contribution in [0.5, 0.6) is 0 Å². The molecule has 0 bridgehead atoms. The zero-order valence-electron chi connectivity index (χ0n) is 15.8. The monoisotopic (exact) mass is 419 g/mol. The fraction of sp³-hybridized carbons (Fsp3) is 0.174. The minimum atomic E-state index is -2.25. The highest BCUT2D eigenvalue weighted by Gasteiger charge is 2.26. The molecule has 0 atom stereocenters. The standard InChI is InChI=1S/C23H18F5NO/c24-19-17(20(25)22(27)23(28)21(19)26)13-18(30)29-12-11-16(14-7-3-1-4-8-14)15-9-5-2-6-10-15/h1-10,16H,11-13H2,(H,29,30). The Labute approximate surface area is 170 Å². The number of halogens is 5. The first-order valence-electron chi connectivity index (χ1n) is 9.27. The normalized spacial score (nSPS) is 11.0. The summed E-state index contributed by atoms with van der Waals surface area (Å²) in [5.74, 6) is -11.2. The van der Waals surface area contributed by atoms with Gasteiger partial charge >= 0.3 is 0 Å². The minimum absolute atomic E-state index is 0.0399. The molecule has 0 saturated carbocycles. The van der Waals surface area contributed by atoms with Crippen LogP contribution in [0, 0.1) is 29.1 Å². The SMILES string of the molecule is O=C(Cc1c(F)c(F)c(F)c(F)c1F)NCCC(c1ccccc1)c1ccccc1. The van der Waals surface area contributed by atoms with E-state index in [1.807, 2.05) is 60.7 Å². The first-order valence-corrected chi connectivity index (χ1v) is 9.27. The lowest BCUT2D eigenvalue weighted by Gasteiger charge is -2.18. The van der Waals surface area contributed by atoms with E-state index in [-0.39, 0.29) is 12.5 Å². The van der Waals surface area contributed by atoms with Gasteiger partial charge in [0, 0.05) is 18.0 Å². The van der Waals surface area contributed by atoms with E-state index in [2.05, 4.69) is 5.32 Å². The number of benzene rings is 3. The zero-order valence-corrected chi connectivity index (χ0v) is 15.8. The molecule has 0 fully saturated rings. The molecular formula is C23H18F5NO. The highest BCUT2D eigenvalue weighted by Crippen LogP contribution is 2.27. The van der Waals surface area contributed by atoms with Crippen LogP contribution in [-0.4, -0.2) is 12.5 Å². The topological polar surface area (TPSA) is 29.1 Å². The smallest absolute Gasteiger partial charge is 0.224 e. The van der Waals surface area contributed by atoms with Crippen molar-refractivity contribution in [1.29, 1.82) is 0 Å². The second kappa shape index (κ2) is 9.52. The average molecular weight is 419 g/mol. The van der Waals surface area contributed by atoms with Gasteiger partial charge < -0.3 is 5.32 Å². The van der Waals surface area contributed by atoms with E-state index in [4.69, 9.17) is 0 Å². The molecular weight excluding hydrogens is 401 g/mol. The van der Waals surface area contributed by atoms with Crippen LogP contribution in [-0.2, 0) is 11.2 Å². The van der Waals surface area contributed by atoms with E-state index in [0.29, 0.717) is 6.42 Å². The number of carbonyl (C=O) groups is 1. The summed E-state index contributed by atoms with van der Waals surface area (Å²) in [4.78, 5) is 12.1. The summed E-state index contributed by atoms with van der Waals surface area (Å²) in [5, 5.41) is 2.50. The third-order valence-corrected chi connectivity index (χ3v) is 4.80. The van der Waals surface area contributed by atoms with Crippen molar-refractivity contribution in [3.63, 3.8) is 0 Å². The zero-order chi connectivity index (χ0) is 21.7. The van der Waals surface area contributed by atoms with Crippen molar-refractivity contribution >= 4 is 5.91 Å². The Hall–Kier alpha value is -3.22. The van der Waals surface area contributed by atoms with E-state index in [0.717, 1.165) is 11.1 Å². The van der Waals surface area contributed by atoms with E-state index < -0.39 is 47.0 Å². The lowest BCUT2D eigenvalue weighted by Crippen LogP contribution is -2.28. The Morgan fingerprint density at radius 3 is 1.60 bits per heavy atom. The molecule has 1 N–H and O–H groups in total. The van der Waals surface area contributed by atoms with Gasteiger partial charge in [-0.2, -0.15) is 0 Å². The van der Waals surface area contributed by atoms with Crippen molar-refractivity contribution < 1.29 is 26.7 Å². The van der Waals surface area contributed by atoms with E-state index >= 15 is 0 Å². The fourth-order valence-corrected chi connectivity index (χ4v) is 3.28. The largest absolute Gasteiger partial charge is 0.356 e. The number of nitrogens with one attached hydrogen (secondary N) is 1. The third kappa shape index (κ3) is 4.67. The maximum absolute atomic E-state index is 13.8. The highest BCUT2D eigenvalue weighted by molar-refractivity contribution is 5.78. The van der Waals surface area contributed by atoms with Gasteiger partial charge in [-0.3, -0.25) is 4.79 Å². The van der Waals surface area contributed by atoms with Gasteiger partial charge in [0.25, 0.3) is 0 Å². The Morgan fingerprint density at radius 2 is 1.13 bits per heavy atom. The van der Waals surface area contributed by atoms with Gasteiger partial charge in [-0.25, -0.2) is 22.0 Å². The fourth-order valence-electron chi connectivity index (χ4n) is 3.28. The molecule has 3 aromatic rings. The molecule has 156 valence electrons. The number of carbonyl (C=O) groups excluding carboxylic acids is 1. The van der Waals surface area contributed by atoms with Crippen molar-refractivity contribution in [1.82, 2.24) is 5.32 Å². The molecule has 0 unspecified atom stereocenters. The summed E-state index contributed by atoms with van der Waals surface area (Å²) in [6, 6.07) is 19.2. The summed E-state index contributed by atoms with van der Waals surface area (Å²) in [7, 11) is 0. The van der Waals surface area contributed by atoms with Gasteiger partial charge in [0.2, 0.25) is 11.7 Å². The van der Waals surface area contributed by atoms with Crippen LogP contribution >= 0.6 is 0 Å². The predicted molar refractivity (Wildman–Crippen MR) is 102 cm³/mol. The molecule has 0 saturated heterocycles. The summed E-state index contributed by atoms with van der Waals surface area (Å²) in [6.07, 6.45) is -0.468. The van der Waals surface area contributed by atoms with Crippen LogP contribution < -0.4 is 5.32 Å². The van der Waals surface area contributed by atoms with Crippen LogP contribution in [0.3, 0.4) is 0 Å². The molecule has 7 heteroatoms. The quantitative estimate of drug-likeness (QED) is 0.316. The molecule has 3 aromatic carbocycles. The Morgan fingerprint density at radius 1 is 0.700 bits per heavy atom. The van der Waals surface area contributed by atoms with Crippen molar-refractivity contribution in [3.8, 4) is 0 Å². The highest BCUT2D eigenvalue weighted by atomic mass is 19.2. The van der Waals surface area contributed by atoms with Crippen LogP contribution in [0.4, 0.5) is 22.0 Å². The molecule has 1 amide bonds. The maximum Gasteiger partial charge on any atom is 0.224 e. The summed E-state index contributed by atoms with van der Waals surface area (Å²) >= 11 is 0. The number of hydrogen-bond acceptors (Lipinski definition) is 1. The van der Waals surface area contributed by atoms with Gasteiger partial charge in [0.05, 0.1) is 6.42 Å². The second-order valence-electron chi connectivity index (χ2n) is 6.74. The second-order valence-corrected chi connectivity index (χ2v) is 6.74. The molecule has 0 aliphatic rings. The van der Waals surface area contributed by atoms with Crippen molar-refractivity contribution in [2.45, 2.75) is 18.8 Å². The molecule has 0 radical (unpaired) electrons. The first kappa shape index (κ1) is 21.5. The maximum atomic E-state index is 13.8. The molecule has 0 aliphatic carbocycles. The van der Waals surface area contributed by atoms with Gasteiger partial charge in [0.1, 0.15) is 0 Å². The number of rotatable bonds is 7. The summed E-state index contributed by atoms with van der Waals surface area (Å²) in [5.41, 5.74) is 0.905. The van der Waals surface area contributed by atoms with E-state index in [9.17, 15) is 26.7 Å². The van der Waals surface area contributed by atoms with Gasteiger partial charge in [-0.15, -0.1) is 0 Å². The average Bonchev–Trinajstić information content (AvgIpc) is 2.78. The summed E-state index contributed by atoms with van der Waals surface area (Å²) in [6.45, 7) is 0.155. The molecule has 0 aromatic heterocycles. The Bertz CT molecular complexity index is 956. The Balaban J connectivity index is 1.69. The van der Waals surface area contributed by atoms with Crippen molar-refractivity contribution in [2.75, 3.05) is 6.54 Å². The Kier molecular flexibility index (Phi) is 6.82. The number of amides is 1. The van der Waals surface area contributed by atoms with Crippen LogP contribution in [0.2, 0.25) is 0 Å². The predicted octanol–water partition coefficient (Wildman–Crippen LogP) is 5.26. The number of hydrogen-bond donors (Lipinski definition) is 1. The van der Waals surface area contributed by atoms with Gasteiger partial charge in [0.15, 0.2) is 23.3 Å². The van der Waals surface area contributed by atoms with Crippen molar-refractivity contribution in [3.05, 3.63) is 106 Å². The van der Waals surface area contributed by atoms with E-state index in [1.165, 1.54) is 0 Å². The lowest BCUT2D eigenvalue weighted by molar-refractivity contribution is -0.120. The van der Waals surface area contributed by atoms with Crippen molar-refractivity contribution in [2.24, 2.45) is 0 Å². The van der Waals surface area contributed by atoms with Gasteiger partial charge in [-0.05, 0) is 17.5 Å². The first-order chi connectivity index (χ1) is 14.4. The van der Waals surface area contributed by atoms with Crippen LogP contribution in [0.25, 0.3) is 0 Å². The van der Waals surface area contributed by atoms with E-state index in [1.54, 1.807) is 0 Å². The molecule has 0 spiro atoms. The minimum Gasteiger partial charge on any atom is -0.356 e. The molecule has 0 heterocycles. The molecule has 0 aliphatic heterocycles. The molecule has 2 nitrogen and oxygen atoms in total. The van der Waals surface area contributed by atoms with Crippen LogP contribution in [0.1, 0.15) is 29.0 Å².